The SMILES string of the molecule is CCC(=O)Oc1cc(C(=O)OCc2ccc(O)cc2)cc(OC(=O)CC)c1OC(=O)CC. The molecular weight excluding hydrogens is 420 g/mol. The van der Waals surface area contributed by atoms with Gasteiger partial charge in [0.25, 0.3) is 0 Å². The Labute approximate surface area is 184 Å². The van der Waals surface area contributed by atoms with Gasteiger partial charge in [-0.15, -0.1) is 0 Å². The van der Waals surface area contributed by atoms with Gasteiger partial charge in [0.2, 0.25) is 5.75 Å². The predicted octanol–water partition coefficient (Wildman–Crippen LogP) is 3.70. The average molecular weight is 444 g/mol. The highest BCUT2D eigenvalue weighted by molar-refractivity contribution is 5.92. The molecule has 9 nitrogen and oxygen atoms in total. The Bertz CT molecular complexity index is 954. The van der Waals surface area contributed by atoms with E-state index in [2.05, 4.69) is 0 Å². The molecule has 0 radical (unpaired) electrons. The molecule has 2 aromatic rings. The van der Waals surface area contributed by atoms with Crippen LogP contribution in [0.3, 0.4) is 0 Å². The second-order valence-corrected chi connectivity index (χ2v) is 6.53. The van der Waals surface area contributed by atoms with Crippen molar-refractivity contribution < 1.29 is 43.2 Å². The van der Waals surface area contributed by atoms with Crippen LogP contribution < -0.4 is 14.2 Å². The minimum Gasteiger partial charge on any atom is -0.508 e. The fraction of sp³-hybridized carbons (Fsp3) is 0.304. The van der Waals surface area contributed by atoms with Gasteiger partial charge < -0.3 is 24.1 Å². The van der Waals surface area contributed by atoms with Crippen molar-refractivity contribution in [1.82, 2.24) is 0 Å². The molecule has 0 spiro atoms. The Balaban J connectivity index is 2.42. The minimum atomic E-state index is -0.797. The maximum Gasteiger partial charge on any atom is 0.338 e. The van der Waals surface area contributed by atoms with Gasteiger partial charge in [0.05, 0.1) is 5.56 Å². The fourth-order valence-corrected chi connectivity index (χ4v) is 2.35. The first-order chi connectivity index (χ1) is 15.3. The molecule has 0 aromatic heterocycles. The van der Waals surface area contributed by atoms with Crippen molar-refractivity contribution in [2.75, 3.05) is 0 Å². The Morgan fingerprint density at radius 1 is 0.750 bits per heavy atom. The maximum atomic E-state index is 12.6. The first-order valence-corrected chi connectivity index (χ1v) is 10.0. The number of benzene rings is 2. The molecule has 0 heterocycles. The lowest BCUT2D eigenvalue weighted by Crippen LogP contribution is -2.15. The zero-order valence-corrected chi connectivity index (χ0v) is 18.0. The summed E-state index contributed by atoms with van der Waals surface area (Å²) >= 11 is 0. The van der Waals surface area contributed by atoms with Crippen LogP contribution in [0, 0.1) is 0 Å². The highest BCUT2D eigenvalue weighted by Gasteiger charge is 2.24. The van der Waals surface area contributed by atoms with E-state index in [-0.39, 0.29) is 54.4 Å². The van der Waals surface area contributed by atoms with Crippen LogP contribution in [0.15, 0.2) is 36.4 Å². The number of aromatic hydroxyl groups is 1. The van der Waals surface area contributed by atoms with Crippen molar-refractivity contribution in [3.8, 4) is 23.0 Å². The van der Waals surface area contributed by atoms with E-state index >= 15 is 0 Å². The molecule has 1 N–H and O–H groups in total. The highest BCUT2D eigenvalue weighted by atomic mass is 16.6. The third kappa shape index (κ3) is 6.83. The summed E-state index contributed by atoms with van der Waals surface area (Å²) < 4.78 is 20.9. The number of phenolic OH excluding ortho intramolecular Hbond substituents is 1. The predicted molar refractivity (Wildman–Crippen MR) is 111 cm³/mol. The van der Waals surface area contributed by atoms with Crippen LogP contribution in [-0.4, -0.2) is 29.0 Å². The van der Waals surface area contributed by atoms with Gasteiger partial charge in [-0.05, 0) is 29.8 Å². The summed E-state index contributed by atoms with van der Waals surface area (Å²) in [6.45, 7) is 4.59. The summed E-state index contributed by atoms with van der Waals surface area (Å²) in [6, 6.07) is 8.41. The van der Waals surface area contributed by atoms with Crippen molar-refractivity contribution in [3.05, 3.63) is 47.5 Å². The first-order valence-electron chi connectivity index (χ1n) is 10.0. The Morgan fingerprint density at radius 2 is 1.22 bits per heavy atom. The number of rotatable bonds is 9. The van der Waals surface area contributed by atoms with Gasteiger partial charge in [-0.2, -0.15) is 0 Å². The van der Waals surface area contributed by atoms with E-state index < -0.39 is 23.9 Å². The smallest absolute Gasteiger partial charge is 0.338 e. The Hall–Kier alpha value is -3.88. The molecule has 0 aliphatic heterocycles. The molecule has 32 heavy (non-hydrogen) atoms. The summed E-state index contributed by atoms with van der Waals surface area (Å²) in [6.07, 6.45) is 0.0420. The van der Waals surface area contributed by atoms with E-state index in [1.807, 2.05) is 0 Å². The number of carbonyl (C=O) groups excluding carboxylic acids is 4. The Kier molecular flexibility index (Phi) is 8.76. The molecule has 2 rings (SSSR count). The van der Waals surface area contributed by atoms with Gasteiger partial charge in [-0.25, -0.2) is 4.79 Å². The largest absolute Gasteiger partial charge is 0.508 e. The fourth-order valence-electron chi connectivity index (χ4n) is 2.35. The third-order valence-corrected chi connectivity index (χ3v) is 4.09. The van der Waals surface area contributed by atoms with Crippen LogP contribution in [0.5, 0.6) is 23.0 Å². The van der Waals surface area contributed by atoms with Crippen molar-refractivity contribution in [3.63, 3.8) is 0 Å². The molecule has 0 atom stereocenters. The zero-order chi connectivity index (χ0) is 23.7. The zero-order valence-electron chi connectivity index (χ0n) is 18.0. The number of hydrogen-bond donors (Lipinski definition) is 1. The quantitative estimate of drug-likeness (QED) is 0.455. The number of ether oxygens (including phenoxy) is 4. The standard InChI is InChI=1S/C23H24O9/c1-4-19(25)30-17-11-15(23(28)29-13-14-7-9-16(24)10-8-14)12-18(31-20(26)5-2)22(17)32-21(27)6-3/h7-12,24H,4-6,13H2,1-3H3. The Morgan fingerprint density at radius 3 is 1.69 bits per heavy atom. The molecule has 170 valence electrons. The lowest BCUT2D eigenvalue weighted by Gasteiger charge is -2.16. The summed E-state index contributed by atoms with van der Waals surface area (Å²) in [7, 11) is 0. The van der Waals surface area contributed by atoms with Crippen LogP contribution in [0.25, 0.3) is 0 Å². The van der Waals surface area contributed by atoms with E-state index in [1.54, 1.807) is 32.9 Å². The van der Waals surface area contributed by atoms with Gasteiger partial charge in [0.1, 0.15) is 12.4 Å². The summed E-state index contributed by atoms with van der Waals surface area (Å²) in [5.74, 6) is -3.47. The van der Waals surface area contributed by atoms with Gasteiger partial charge in [0, 0.05) is 19.3 Å². The molecule has 9 heteroatoms. The molecule has 0 aliphatic carbocycles. The lowest BCUT2D eigenvalue weighted by atomic mass is 10.1. The second-order valence-electron chi connectivity index (χ2n) is 6.53. The summed E-state index contributed by atoms with van der Waals surface area (Å²) in [5.41, 5.74) is 0.540. The summed E-state index contributed by atoms with van der Waals surface area (Å²) in [4.78, 5) is 48.3. The van der Waals surface area contributed by atoms with Crippen molar-refractivity contribution >= 4 is 23.9 Å². The van der Waals surface area contributed by atoms with Crippen LogP contribution in [-0.2, 0) is 25.7 Å². The van der Waals surface area contributed by atoms with Gasteiger partial charge >= 0.3 is 23.9 Å². The molecule has 0 fully saturated rings. The third-order valence-electron chi connectivity index (χ3n) is 4.09. The first kappa shape index (κ1) is 24.4. The number of esters is 4. The normalized spacial score (nSPS) is 10.2. The van der Waals surface area contributed by atoms with E-state index in [0.29, 0.717) is 5.56 Å². The molecule has 0 saturated heterocycles. The van der Waals surface area contributed by atoms with Gasteiger partial charge in [0.15, 0.2) is 11.5 Å². The molecule has 0 aliphatic rings. The van der Waals surface area contributed by atoms with E-state index in [1.165, 1.54) is 24.3 Å². The van der Waals surface area contributed by atoms with Gasteiger partial charge in [-0.1, -0.05) is 32.9 Å². The van der Waals surface area contributed by atoms with E-state index in [9.17, 15) is 24.3 Å². The molecule has 2 aromatic carbocycles. The summed E-state index contributed by atoms with van der Waals surface area (Å²) in [5, 5.41) is 9.34. The molecule has 0 unspecified atom stereocenters. The number of hydrogen-bond acceptors (Lipinski definition) is 9. The van der Waals surface area contributed by atoms with Crippen molar-refractivity contribution in [2.45, 2.75) is 46.6 Å². The van der Waals surface area contributed by atoms with Crippen LogP contribution in [0.2, 0.25) is 0 Å². The highest BCUT2D eigenvalue weighted by Crippen LogP contribution is 2.40. The molecular formula is C23H24O9. The molecule has 0 bridgehead atoms. The van der Waals surface area contributed by atoms with Crippen LogP contribution >= 0.6 is 0 Å². The average Bonchev–Trinajstić information content (AvgIpc) is 2.79. The van der Waals surface area contributed by atoms with Crippen molar-refractivity contribution in [1.29, 1.82) is 0 Å². The molecule has 0 amide bonds. The van der Waals surface area contributed by atoms with E-state index in [4.69, 9.17) is 18.9 Å². The monoisotopic (exact) mass is 444 g/mol. The second kappa shape index (κ2) is 11.5. The maximum absolute atomic E-state index is 12.6. The topological polar surface area (TPSA) is 125 Å². The number of carbonyl (C=O) groups is 4. The van der Waals surface area contributed by atoms with Crippen LogP contribution in [0.1, 0.15) is 56.0 Å². The van der Waals surface area contributed by atoms with Gasteiger partial charge in [-0.3, -0.25) is 14.4 Å². The molecule has 0 saturated carbocycles. The lowest BCUT2D eigenvalue weighted by molar-refractivity contribution is -0.137. The minimum absolute atomic E-state index is 0.0127. The number of phenols is 1. The van der Waals surface area contributed by atoms with Crippen LogP contribution in [0.4, 0.5) is 0 Å². The van der Waals surface area contributed by atoms with E-state index in [0.717, 1.165) is 0 Å². The van der Waals surface area contributed by atoms with Crippen molar-refractivity contribution in [2.24, 2.45) is 0 Å².